The van der Waals surface area contributed by atoms with E-state index in [9.17, 15) is 4.79 Å². The van der Waals surface area contributed by atoms with E-state index in [2.05, 4.69) is 10.1 Å². The molecule has 0 saturated carbocycles. The number of esters is 1. The first-order chi connectivity index (χ1) is 13.6. The number of aromatic nitrogens is 2. The second-order valence-electron chi connectivity index (χ2n) is 5.58. The Morgan fingerprint density at radius 2 is 1.86 bits per heavy atom. The van der Waals surface area contributed by atoms with Crippen LogP contribution in [0.4, 0.5) is 0 Å². The first kappa shape index (κ1) is 19.4. The van der Waals surface area contributed by atoms with E-state index >= 15 is 0 Å². The molecule has 0 aliphatic carbocycles. The molecule has 0 aliphatic heterocycles. The third-order valence-corrected chi connectivity index (χ3v) is 4.04. The van der Waals surface area contributed by atoms with Gasteiger partial charge in [-0.3, -0.25) is 0 Å². The van der Waals surface area contributed by atoms with Gasteiger partial charge >= 0.3 is 5.97 Å². The largest absolute Gasteiger partial charge is 0.497 e. The Morgan fingerprint density at radius 1 is 1.14 bits per heavy atom. The summed E-state index contributed by atoms with van der Waals surface area (Å²) in [6.45, 7) is -0.151. The fraction of sp³-hybridized carbons (Fsp3) is 0.150. The summed E-state index contributed by atoms with van der Waals surface area (Å²) < 4.78 is 20.6. The predicted molar refractivity (Wildman–Crippen MR) is 103 cm³/mol. The number of carbonyl (C=O) groups is 1. The van der Waals surface area contributed by atoms with Gasteiger partial charge in [-0.25, -0.2) is 4.79 Å². The van der Waals surface area contributed by atoms with Crippen molar-refractivity contribution in [1.29, 1.82) is 0 Å². The van der Waals surface area contributed by atoms with E-state index in [-0.39, 0.29) is 12.5 Å². The molecule has 144 valence electrons. The number of ether oxygens (including phenoxy) is 3. The highest BCUT2D eigenvalue weighted by molar-refractivity contribution is 6.33. The third kappa shape index (κ3) is 4.89. The van der Waals surface area contributed by atoms with Crippen LogP contribution in [0.25, 0.3) is 17.5 Å². The molecule has 0 spiro atoms. The lowest BCUT2D eigenvalue weighted by atomic mass is 10.2. The van der Waals surface area contributed by atoms with Crippen molar-refractivity contribution in [2.75, 3.05) is 14.2 Å². The van der Waals surface area contributed by atoms with Gasteiger partial charge in [0.25, 0.3) is 5.89 Å². The number of carbonyl (C=O) groups excluding carboxylic acids is 1. The van der Waals surface area contributed by atoms with Crippen molar-refractivity contribution < 1.29 is 23.5 Å². The Balaban J connectivity index is 1.61. The van der Waals surface area contributed by atoms with E-state index < -0.39 is 5.97 Å². The summed E-state index contributed by atoms with van der Waals surface area (Å²) >= 11 is 6.10. The second kappa shape index (κ2) is 9.05. The van der Waals surface area contributed by atoms with Gasteiger partial charge in [0.05, 0.1) is 19.2 Å². The van der Waals surface area contributed by atoms with Crippen molar-refractivity contribution in [3.05, 3.63) is 65.0 Å². The number of halogens is 1. The van der Waals surface area contributed by atoms with Gasteiger partial charge in [0, 0.05) is 17.7 Å². The van der Waals surface area contributed by atoms with Crippen LogP contribution in [0.3, 0.4) is 0 Å². The predicted octanol–water partition coefficient (Wildman–Crippen LogP) is 4.16. The van der Waals surface area contributed by atoms with E-state index in [1.165, 1.54) is 6.08 Å². The topological polar surface area (TPSA) is 83.7 Å². The first-order valence-electron chi connectivity index (χ1n) is 8.24. The number of hydrogen-bond donors (Lipinski definition) is 0. The molecule has 0 atom stereocenters. The van der Waals surface area contributed by atoms with Gasteiger partial charge in [0.1, 0.15) is 11.5 Å². The molecule has 0 radical (unpaired) electrons. The van der Waals surface area contributed by atoms with Gasteiger partial charge in [-0.05, 0) is 35.9 Å². The Morgan fingerprint density at radius 3 is 2.54 bits per heavy atom. The SMILES string of the molecule is COc1cc(/C=C/C(=O)OCc2nc(-c3ccccc3Cl)no2)cc(OC)c1. The lowest BCUT2D eigenvalue weighted by Crippen LogP contribution is -2.01. The van der Waals surface area contributed by atoms with Crippen molar-refractivity contribution in [3.8, 4) is 22.9 Å². The smallest absolute Gasteiger partial charge is 0.331 e. The summed E-state index contributed by atoms with van der Waals surface area (Å²) in [7, 11) is 3.11. The summed E-state index contributed by atoms with van der Waals surface area (Å²) in [5, 5.41) is 4.35. The second-order valence-corrected chi connectivity index (χ2v) is 5.99. The Labute approximate surface area is 166 Å². The van der Waals surface area contributed by atoms with Crippen LogP contribution in [0.1, 0.15) is 11.5 Å². The maximum absolute atomic E-state index is 11.9. The molecule has 0 aliphatic rings. The van der Waals surface area contributed by atoms with Gasteiger partial charge in [-0.15, -0.1) is 0 Å². The summed E-state index contributed by atoms with van der Waals surface area (Å²) in [6.07, 6.45) is 2.88. The molecule has 0 saturated heterocycles. The zero-order chi connectivity index (χ0) is 19.9. The molecule has 3 aromatic rings. The average molecular weight is 401 g/mol. The number of methoxy groups -OCH3 is 2. The highest BCUT2D eigenvalue weighted by Crippen LogP contribution is 2.25. The minimum absolute atomic E-state index is 0.151. The van der Waals surface area contributed by atoms with Crippen molar-refractivity contribution in [1.82, 2.24) is 10.1 Å². The van der Waals surface area contributed by atoms with E-state index in [1.807, 2.05) is 6.07 Å². The van der Waals surface area contributed by atoms with Crippen LogP contribution in [-0.4, -0.2) is 30.3 Å². The van der Waals surface area contributed by atoms with Crippen molar-refractivity contribution in [2.45, 2.75) is 6.61 Å². The maximum Gasteiger partial charge on any atom is 0.331 e. The lowest BCUT2D eigenvalue weighted by molar-refractivity contribution is -0.139. The Bertz CT molecular complexity index is 978. The van der Waals surface area contributed by atoms with Gasteiger partial charge in [0.2, 0.25) is 5.82 Å². The molecule has 7 nitrogen and oxygen atoms in total. The molecule has 28 heavy (non-hydrogen) atoms. The summed E-state index contributed by atoms with van der Waals surface area (Å²) in [4.78, 5) is 16.1. The molecule has 8 heteroatoms. The van der Waals surface area contributed by atoms with E-state index in [4.69, 9.17) is 30.3 Å². The Kier molecular flexibility index (Phi) is 6.29. The van der Waals surface area contributed by atoms with Crippen LogP contribution < -0.4 is 9.47 Å². The number of benzene rings is 2. The Hall–Kier alpha value is -3.32. The molecule has 0 amide bonds. The van der Waals surface area contributed by atoms with Crippen LogP contribution in [0.5, 0.6) is 11.5 Å². The number of nitrogens with zero attached hydrogens (tertiary/aromatic N) is 2. The maximum atomic E-state index is 11.9. The molecule has 0 unspecified atom stereocenters. The number of rotatable bonds is 7. The van der Waals surface area contributed by atoms with Gasteiger partial charge in [-0.2, -0.15) is 4.98 Å². The number of hydrogen-bond acceptors (Lipinski definition) is 7. The van der Waals surface area contributed by atoms with E-state index in [1.54, 1.807) is 56.7 Å². The highest BCUT2D eigenvalue weighted by atomic mass is 35.5. The quantitative estimate of drug-likeness (QED) is 0.434. The first-order valence-corrected chi connectivity index (χ1v) is 8.62. The van der Waals surface area contributed by atoms with E-state index in [0.29, 0.717) is 27.9 Å². The van der Waals surface area contributed by atoms with Crippen LogP contribution in [-0.2, 0) is 16.1 Å². The zero-order valence-corrected chi connectivity index (χ0v) is 16.0. The van der Waals surface area contributed by atoms with Crippen LogP contribution in [0.2, 0.25) is 5.02 Å². The summed E-state index contributed by atoms with van der Waals surface area (Å²) in [5.74, 6) is 1.17. The fourth-order valence-electron chi connectivity index (χ4n) is 2.34. The third-order valence-electron chi connectivity index (χ3n) is 3.71. The molecule has 2 aromatic carbocycles. The lowest BCUT2D eigenvalue weighted by Gasteiger charge is -2.05. The highest BCUT2D eigenvalue weighted by Gasteiger charge is 2.12. The van der Waals surface area contributed by atoms with Crippen molar-refractivity contribution in [2.24, 2.45) is 0 Å². The molecule has 0 fully saturated rings. The molecule has 0 bridgehead atoms. The van der Waals surface area contributed by atoms with Gasteiger partial charge in [-0.1, -0.05) is 28.9 Å². The summed E-state index contributed by atoms with van der Waals surface area (Å²) in [5.41, 5.74) is 1.37. The monoisotopic (exact) mass is 400 g/mol. The minimum atomic E-state index is -0.556. The van der Waals surface area contributed by atoms with Gasteiger partial charge < -0.3 is 18.7 Å². The van der Waals surface area contributed by atoms with Crippen molar-refractivity contribution in [3.63, 3.8) is 0 Å². The van der Waals surface area contributed by atoms with Gasteiger partial charge in [0.15, 0.2) is 6.61 Å². The minimum Gasteiger partial charge on any atom is -0.497 e. The fourth-order valence-corrected chi connectivity index (χ4v) is 2.56. The van der Waals surface area contributed by atoms with Crippen LogP contribution >= 0.6 is 11.6 Å². The van der Waals surface area contributed by atoms with E-state index in [0.717, 1.165) is 5.56 Å². The molecule has 3 rings (SSSR count). The molecular weight excluding hydrogens is 384 g/mol. The average Bonchev–Trinajstić information content (AvgIpc) is 3.19. The van der Waals surface area contributed by atoms with Crippen LogP contribution in [0.15, 0.2) is 53.1 Å². The molecule has 1 heterocycles. The molecular formula is C20H17ClN2O5. The summed E-state index contributed by atoms with van der Waals surface area (Å²) in [6, 6.07) is 12.4. The van der Waals surface area contributed by atoms with Crippen LogP contribution in [0, 0.1) is 0 Å². The molecule has 1 aromatic heterocycles. The normalized spacial score (nSPS) is 10.8. The zero-order valence-electron chi connectivity index (χ0n) is 15.2. The molecule has 0 N–H and O–H groups in total. The standard InChI is InChI=1S/C20H17ClN2O5/c1-25-14-9-13(10-15(11-14)26-2)7-8-19(24)27-12-18-22-20(23-28-18)16-5-3-4-6-17(16)21/h3-11H,12H2,1-2H3/b8-7+. The van der Waals surface area contributed by atoms with Crippen molar-refractivity contribution >= 4 is 23.6 Å².